The third-order valence-corrected chi connectivity index (χ3v) is 7.34. The van der Waals surface area contributed by atoms with E-state index in [4.69, 9.17) is 0 Å². The second kappa shape index (κ2) is 6.85. The summed E-state index contributed by atoms with van der Waals surface area (Å²) >= 11 is 1.13. The third-order valence-electron chi connectivity index (χ3n) is 4.23. The Morgan fingerprint density at radius 2 is 1.93 bits per heavy atom. The number of alkyl halides is 3. The maximum absolute atomic E-state index is 14.0. The number of hydrogen-bond donors (Lipinski definition) is 0. The van der Waals surface area contributed by atoms with Gasteiger partial charge in [-0.1, -0.05) is 5.16 Å². The normalized spacial score (nSPS) is 15.5. The maximum atomic E-state index is 14.0. The summed E-state index contributed by atoms with van der Waals surface area (Å²) in [5, 5.41) is 3.32. The molecule has 0 bridgehead atoms. The number of rotatable bonds is 3. The molecule has 4 rings (SSSR count). The highest BCUT2D eigenvalue weighted by Crippen LogP contribution is 2.37. The molecule has 0 spiro atoms. The van der Waals surface area contributed by atoms with Crippen molar-refractivity contribution in [2.24, 2.45) is 0 Å². The van der Waals surface area contributed by atoms with E-state index in [9.17, 15) is 30.4 Å². The van der Waals surface area contributed by atoms with Crippen LogP contribution in [0.1, 0.15) is 16.3 Å². The Labute approximate surface area is 164 Å². The second-order valence-electron chi connectivity index (χ2n) is 6.14. The third kappa shape index (κ3) is 3.65. The van der Waals surface area contributed by atoms with E-state index >= 15 is 0 Å². The van der Waals surface area contributed by atoms with Crippen molar-refractivity contribution in [1.82, 2.24) is 14.4 Å². The molecule has 1 aliphatic rings. The number of hydrogen-bond acceptors (Lipinski definition) is 6. The smallest absolute Gasteiger partial charge is 0.329 e. The molecule has 2 aromatic heterocycles. The molecule has 29 heavy (non-hydrogen) atoms. The average Bonchev–Trinajstić information content (AvgIpc) is 3.27. The highest BCUT2D eigenvalue weighted by molar-refractivity contribution is 7.89. The van der Waals surface area contributed by atoms with E-state index in [2.05, 4.69) is 14.7 Å². The van der Waals surface area contributed by atoms with Gasteiger partial charge in [0.2, 0.25) is 15.8 Å². The summed E-state index contributed by atoms with van der Waals surface area (Å²) in [6, 6.07) is 3.67. The largest absolute Gasteiger partial charge is 0.471 e. The van der Waals surface area contributed by atoms with Crippen molar-refractivity contribution < 1.29 is 34.9 Å². The molecule has 0 saturated carbocycles. The Morgan fingerprint density at radius 1 is 1.17 bits per heavy atom. The number of fused-ring (bicyclic) bond motifs is 1. The summed E-state index contributed by atoms with van der Waals surface area (Å²) in [6.07, 6.45) is -4.50. The van der Waals surface area contributed by atoms with Crippen LogP contribution in [0.25, 0.3) is 10.7 Å². The van der Waals surface area contributed by atoms with E-state index in [1.807, 2.05) is 0 Å². The fourth-order valence-electron chi connectivity index (χ4n) is 2.88. The Kier molecular flexibility index (Phi) is 4.70. The van der Waals surface area contributed by atoms with Crippen molar-refractivity contribution in [3.05, 3.63) is 52.2 Å². The lowest BCUT2D eigenvalue weighted by Gasteiger charge is -2.26. The molecular weight excluding hydrogens is 441 g/mol. The van der Waals surface area contributed by atoms with Gasteiger partial charge in [-0.05, 0) is 30.2 Å². The SMILES string of the molecule is O=S(=O)(c1ccc(F)cc1F)N1CCc2sc(-c3noc(C(F)(F)F)n3)cc2C1. The number of nitrogens with zero attached hydrogens (tertiary/aromatic N) is 3. The quantitative estimate of drug-likeness (QED) is 0.566. The van der Waals surface area contributed by atoms with Crippen molar-refractivity contribution in [3.8, 4) is 10.7 Å². The van der Waals surface area contributed by atoms with Gasteiger partial charge in [0.15, 0.2) is 0 Å². The molecule has 0 amide bonds. The van der Waals surface area contributed by atoms with E-state index in [0.29, 0.717) is 16.5 Å². The summed E-state index contributed by atoms with van der Waals surface area (Å²) < 4.78 is 95.6. The average molecular weight is 451 g/mol. The molecule has 0 radical (unpaired) electrons. The minimum atomic E-state index is -4.77. The Bertz CT molecular complexity index is 1190. The van der Waals surface area contributed by atoms with Crippen LogP contribution < -0.4 is 0 Å². The lowest BCUT2D eigenvalue weighted by molar-refractivity contribution is -0.159. The minimum absolute atomic E-state index is 0.0339. The molecular formula is C16H10F5N3O3S2. The van der Waals surface area contributed by atoms with Crippen molar-refractivity contribution in [2.75, 3.05) is 6.54 Å². The molecule has 0 N–H and O–H groups in total. The first-order valence-electron chi connectivity index (χ1n) is 8.04. The van der Waals surface area contributed by atoms with E-state index < -0.39 is 38.6 Å². The van der Waals surface area contributed by atoms with Crippen LogP contribution in [-0.2, 0) is 29.2 Å². The molecule has 0 fully saturated rings. The molecule has 1 aromatic carbocycles. The summed E-state index contributed by atoms with van der Waals surface area (Å²) in [6.45, 7) is -0.0822. The second-order valence-corrected chi connectivity index (χ2v) is 9.19. The molecule has 154 valence electrons. The zero-order valence-corrected chi connectivity index (χ0v) is 15.8. The molecule has 13 heteroatoms. The molecule has 0 aliphatic carbocycles. The van der Waals surface area contributed by atoms with Gasteiger partial charge < -0.3 is 4.52 Å². The van der Waals surface area contributed by atoms with Gasteiger partial charge >= 0.3 is 12.1 Å². The van der Waals surface area contributed by atoms with Gasteiger partial charge in [-0.2, -0.15) is 22.5 Å². The van der Waals surface area contributed by atoms with Crippen LogP contribution in [0.5, 0.6) is 0 Å². The first-order valence-corrected chi connectivity index (χ1v) is 10.3. The number of sulfonamides is 1. The van der Waals surface area contributed by atoms with Crippen LogP contribution in [-0.4, -0.2) is 29.4 Å². The van der Waals surface area contributed by atoms with Crippen LogP contribution in [0.4, 0.5) is 22.0 Å². The van der Waals surface area contributed by atoms with E-state index in [1.54, 1.807) is 0 Å². The molecule has 0 atom stereocenters. The van der Waals surface area contributed by atoms with Crippen molar-refractivity contribution in [3.63, 3.8) is 0 Å². The number of aromatic nitrogens is 2. The Hall–Kier alpha value is -2.38. The Morgan fingerprint density at radius 3 is 2.59 bits per heavy atom. The van der Waals surface area contributed by atoms with Gasteiger partial charge in [0.05, 0.1) is 4.88 Å². The molecule has 3 heterocycles. The van der Waals surface area contributed by atoms with E-state index in [1.165, 1.54) is 6.07 Å². The van der Waals surface area contributed by atoms with Gasteiger partial charge in [-0.25, -0.2) is 17.2 Å². The van der Waals surface area contributed by atoms with Gasteiger partial charge in [0, 0.05) is 24.0 Å². The molecule has 0 saturated heterocycles. The molecule has 0 unspecified atom stereocenters. The van der Waals surface area contributed by atoms with E-state index in [-0.39, 0.29) is 25.3 Å². The van der Waals surface area contributed by atoms with Crippen molar-refractivity contribution in [2.45, 2.75) is 24.0 Å². The topological polar surface area (TPSA) is 76.3 Å². The summed E-state index contributed by atoms with van der Waals surface area (Å²) in [7, 11) is -4.23. The minimum Gasteiger partial charge on any atom is -0.329 e. The number of thiophene rings is 1. The monoisotopic (exact) mass is 451 g/mol. The lowest BCUT2D eigenvalue weighted by Crippen LogP contribution is -2.35. The predicted molar refractivity (Wildman–Crippen MR) is 90.3 cm³/mol. The van der Waals surface area contributed by atoms with Gasteiger partial charge in [-0.3, -0.25) is 0 Å². The van der Waals surface area contributed by atoms with Crippen LogP contribution in [0.3, 0.4) is 0 Å². The maximum Gasteiger partial charge on any atom is 0.471 e. The fourth-order valence-corrected chi connectivity index (χ4v) is 5.44. The fraction of sp³-hybridized carbons (Fsp3) is 0.250. The highest BCUT2D eigenvalue weighted by atomic mass is 32.2. The summed E-state index contributed by atoms with van der Waals surface area (Å²) in [4.78, 5) is 3.72. The van der Waals surface area contributed by atoms with Gasteiger partial charge in [0.1, 0.15) is 16.5 Å². The first-order chi connectivity index (χ1) is 13.6. The predicted octanol–water partition coefficient (Wildman–Crippen LogP) is 3.84. The standard InChI is InChI=1S/C16H10F5N3O3S2/c17-9-1-2-13(10(18)6-9)29(25,26)24-4-3-11-8(7-24)5-12(28-11)14-22-15(27-23-14)16(19,20)21/h1-2,5-6H,3-4,7H2. The van der Waals surface area contributed by atoms with E-state index in [0.717, 1.165) is 32.7 Å². The molecule has 3 aromatic rings. The first kappa shape index (κ1) is 19.9. The van der Waals surface area contributed by atoms with Gasteiger partial charge in [0.25, 0.3) is 0 Å². The van der Waals surface area contributed by atoms with Crippen molar-refractivity contribution >= 4 is 21.4 Å². The van der Waals surface area contributed by atoms with Crippen LogP contribution >= 0.6 is 11.3 Å². The zero-order chi connectivity index (χ0) is 21.0. The summed E-state index contributed by atoms with van der Waals surface area (Å²) in [5.41, 5.74) is 0.542. The number of benzene rings is 1. The lowest BCUT2D eigenvalue weighted by atomic mass is 10.1. The van der Waals surface area contributed by atoms with Crippen molar-refractivity contribution in [1.29, 1.82) is 0 Å². The molecule has 1 aliphatic heterocycles. The van der Waals surface area contributed by atoms with Gasteiger partial charge in [-0.15, -0.1) is 11.3 Å². The zero-order valence-electron chi connectivity index (χ0n) is 14.2. The van der Waals surface area contributed by atoms with Crippen LogP contribution in [0, 0.1) is 11.6 Å². The highest BCUT2D eigenvalue weighted by Gasteiger charge is 2.39. The summed E-state index contributed by atoms with van der Waals surface area (Å²) in [5.74, 6) is -3.83. The Balaban J connectivity index is 1.62. The number of halogens is 5. The molecule has 6 nitrogen and oxygen atoms in total. The van der Waals surface area contributed by atoms with Crippen LogP contribution in [0.15, 0.2) is 33.7 Å². The van der Waals surface area contributed by atoms with Crippen LogP contribution in [0.2, 0.25) is 0 Å².